The van der Waals surface area contributed by atoms with E-state index >= 15 is 0 Å². The second kappa shape index (κ2) is 7.05. The number of hydrogen-bond donors (Lipinski definition) is 2. The van der Waals surface area contributed by atoms with E-state index in [4.69, 9.17) is 5.73 Å². The molecule has 0 aliphatic carbocycles. The molecule has 0 spiro atoms. The lowest BCUT2D eigenvalue weighted by atomic mass is 10.2. The number of carbonyl (C=O) groups excluding carboxylic acids is 1. The lowest BCUT2D eigenvalue weighted by Crippen LogP contribution is -2.35. The van der Waals surface area contributed by atoms with Crippen LogP contribution in [0.2, 0.25) is 0 Å². The minimum atomic E-state index is -0.673. The summed E-state index contributed by atoms with van der Waals surface area (Å²) in [5.41, 5.74) is 6.54. The summed E-state index contributed by atoms with van der Waals surface area (Å²) in [6, 6.07) is 4.12. The number of nitrogens with two attached hydrogens (primary N) is 1. The van der Waals surface area contributed by atoms with E-state index in [2.05, 4.69) is 11.9 Å². The van der Waals surface area contributed by atoms with Crippen molar-refractivity contribution >= 4 is 17.3 Å². The molecule has 20 heavy (non-hydrogen) atoms. The molecule has 1 amide bonds. The third-order valence-electron chi connectivity index (χ3n) is 3.13. The zero-order chi connectivity index (χ0) is 15.3. The highest BCUT2D eigenvalue weighted by atomic mass is 19.1. The molecule has 4 nitrogen and oxygen atoms in total. The molecule has 1 unspecified atom stereocenters. The molecule has 0 aliphatic rings. The molecule has 1 aromatic rings. The SMILES string of the molecule is C=CCC(N)C(=O)Nc1ccc(N(C)C(C)C)c(F)c1. The fourth-order valence-corrected chi connectivity index (χ4v) is 1.67. The fraction of sp³-hybridized carbons (Fsp3) is 0.400. The average molecular weight is 279 g/mol. The maximum Gasteiger partial charge on any atom is 0.241 e. The van der Waals surface area contributed by atoms with Crippen molar-refractivity contribution in [1.82, 2.24) is 0 Å². The van der Waals surface area contributed by atoms with Crippen LogP contribution < -0.4 is 16.0 Å². The monoisotopic (exact) mass is 279 g/mol. The van der Waals surface area contributed by atoms with Gasteiger partial charge in [-0.2, -0.15) is 0 Å². The van der Waals surface area contributed by atoms with Gasteiger partial charge in [0.25, 0.3) is 0 Å². The van der Waals surface area contributed by atoms with Crippen molar-refractivity contribution in [3.05, 3.63) is 36.7 Å². The van der Waals surface area contributed by atoms with Gasteiger partial charge in [0.1, 0.15) is 5.82 Å². The highest BCUT2D eigenvalue weighted by Gasteiger charge is 2.14. The summed E-state index contributed by atoms with van der Waals surface area (Å²) in [6.45, 7) is 7.48. The first-order valence-electron chi connectivity index (χ1n) is 6.56. The molecule has 0 fully saturated rings. The average Bonchev–Trinajstić information content (AvgIpc) is 2.38. The van der Waals surface area contributed by atoms with Crippen molar-refractivity contribution in [2.75, 3.05) is 17.3 Å². The van der Waals surface area contributed by atoms with Gasteiger partial charge >= 0.3 is 0 Å². The number of nitrogens with one attached hydrogen (secondary N) is 1. The second-order valence-electron chi connectivity index (χ2n) is 4.99. The first-order valence-corrected chi connectivity index (χ1v) is 6.56. The Morgan fingerprint density at radius 2 is 2.20 bits per heavy atom. The van der Waals surface area contributed by atoms with Crippen LogP contribution >= 0.6 is 0 Å². The molecule has 0 heterocycles. The van der Waals surface area contributed by atoms with Crippen LogP contribution in [0.3, 0.4) is 0 Å². The van der Waals surface area contributed by atoms with Crippen LogP contribution in [0.1, 0.15) is 20.3 Å². The van der Waals surface area contributed by atoms with Gasteiger partial charge in [-0.05, 0) is 38.5 Å². The molecule has 1 aromatic carbocycles. The van der Waals surface area contributed by atoms with Crippen molar-refractivity contribution in [1.29, 1.82) is 0 Å². The summed E-state index contributed by atoms with van der Waals surface area (Å²) in [4.78, 5) is 13.5. The molecular weight excluding hydrogens is 257 g/mol. The third-order valence-corrected chi connectivity index (χ3v) is 3.13. The van der Waals surface area contributed by atoms with Gasteiger partial charge in [0.2, 0.25) is 5.91 Å². The quantitative estimate of drug-likeness (QED) is 0.787. The van der Waals surface area contributed by atoms with Crippen molar-refractivity contribution in [2.45, 2.75) is 32.4 Å². The Morgan fingerprint density at radius 1 is 1.55 bits per heavy atom. The summed E-state index contributed by atoms with van der Waals surface area (Å²) in [5.74, 6) is -0.731. The van der Waals surface area contributed by atoms with Crippen LogP contribution in [0, 0.1) is 5.82 Å². The summed E-state index contributed by atoms with van der Waals surface area (Å²) in [5, 5.41) is 2.59. The van der Waals surface area contributed by atoms with Crippen LogP contribution in [0.15, 0.2) is 30.9 Å². The van der Waals surface area contributed by atoms with E-state index in [1.807, 2.05) is 25.8 Å². The first kappa shape index (κ1) is 16.2. The van der Waals surface area contributed by atoms with Crippen molar-refractivity contribution in [2.24, 2.45) is 5.73 Å². The standard InChI is InChI=1S/C15H22FN3O/c1-5-6-13(17)15(20)18-11-7-8-14(12(16)9-11)19(4)10(2)3/h5,7-10,13H,1,6,17H2,2-4H3,(H,18,20). The van der Waals surface area contributed by atoms with E-state index in [9.17, 15) is 9.18 Å². The molecule has 0 aromatic heterocycles. The molecule has 0 radical (unpaired) electrons. The lowest BCUT2D eigenvalue weighted by Gasteiger charge is -2.24. The number of rotatable bonds is 6. The van der Waals surface area contributed by atoms with E-state index in [0.29, 0.717) is 17.8 Å². The van der Waals surface area contributed by atoms with Crippen molar-refractivity contribution in [3.8, 4) is 0 Å². The summed E-state index contributed by atoms with van der Waals surface area (Å²) < 4.78 is 14.0. The van der Waals surface area contributed by atoms with E-state index in [1.165, 1.54) is 6.07 Å². The molecule has 0 aliphatic heterocycles. The summed E-state index contributed by atoms with van der Waals surface area (Å²) in [6.07, 6.45) is 1.95. The maximum absolute atomic E-state index is 14.0. The predicted octanol–water partition coefficient (Wildman–Crippen LogP) is 2.51. The van der Waals surface area contributed by atoms with Crippen LogP contribution in [0.25, 0.3) is 0 Å². The molecule has 110 valence electrons. The smallest absolute Gasteiger partial charge is 0.241 e. The number of amides is 1. The topological polar surface area (TPSA) is 58.4 Å². The number of hydrogen-bond acceptors (Lipinski definition) is 3. The Hall–Kier alpha value is -1.88. The second-order valence-corrected chi connectivity index (χ2v) is 4.99. The summed E-state index contributed by atoms with van der Waals surface area (Å²) in [7, 11) is 1.82. The van der Waals surface area contributed by atoms with Gasteiger partial charge in [0.15, 0.2) is 0 Å². The van der Waals surface area contributed by atoms with Gasteiger partial charge < -0.3 is 16.0 Å². The molecule has 0 saturated carbocycles. The van der Waals surface area contributed by atoms with Crippen LogP contribution in [-0.2, 0) is 4.79 Å². The first-order chi connectivity index (χ1) is 9.36. The molecular formula is C15H22FN3O. The van der Waals surface area contributed by atoms with E-state index in [-0.39, 0.29) is 17.8 Å². The minimum absolute atomic E-state index is 0.186. The Bertz CT molecular complexity index is 488. The Morgan fingerprint density at radius 3 is 2.70 bits per heavy atom. The van der Waals surface area contributed by atoms with Gasteiger partial charge in [0.05, 0.1) is 11.7 Å². The van der Waals surface area contributed by atoms with Gasteiger partial charge in [-0.1, -0.05) is 6.08 Å². The Balaban J connectivity index is 2.82. The molecule has 0 saturated heterocycles. The van der Waals surface area contributed by atoms with Crippen LogP contribution in [0.5, 0.6) is 0 Å². The molecule has 0 bridgehead atoms. The fourth-order valence-electron chi connectivity index (χ4n) is 1.67. The van der Waals surface area contributed by atoms with Gasteiger partial charge in [-0.15, -0.1) is 6.58 Å². The zero-order valence-electron chi connectivity index (χ0n) is 12.2. The van der Waals surface area contributed by atoms with E-state index in [1.54, 1.807) is 18.2 Å². The number of halogens is 1. The van der Waals surface area contributed by atoms with Gasteiger partial charge in [0, 0.05) is 18.8 Å². The number of carbonyl (C=O) groups is 1. The predicted molar refractivity (Wildman–Crippen MR) is 81.4 cm³/mol. The van der Waals surface area contributed by atoms with Crippen LogP contribution in [0.4, 0.5) is 15.8 Å². The minimum Gasteiger partial charge on any atom is -0.370 e. The van der Waals surface area contributed by atoms with Crippen molar-refractivity contribution < 1.29 is 9.18 Å². The number of benzene rings is 1. The molecule has 1 rings (SSSR count). The van der Waals surface area contributed by atoms with E-state index < -0.39 is 6.04 Å². The molecule has 5 heteroatoms. The number of anilines is 2. The van der Waals surface area contributed by atoms with Gasteiger partial charge in [-0.25, -0.2) is 4.39 Å². The summed E-state index contributed by atoms with van der Waals surface area (Å²) >= 11 is 0. The van der Waals surface area contributed by atoms with Crippen LogP contribution in [-0.4, -0.2) is 25.0 Å². The maximum atomic E-state index is 14.0. The molecule has 3 N–H and O–H groups in total. The lowest BCUT2D eigenvalue weighted by molar-refractivity contribution is -0.117. The largest absolute Gasteiger partial charge is 0.370 e. The van der Waals surface area contributed by atoms with Crippen molar-refractivity contribution in [3.63, 3.8) is 0 Å². The Kier molecular flexibility index (Phi) is 5.70. The Labute approximate surface area is 119 Å². The highest BCUT2D eigenvalue weighted by Crippen LogP contribution is 2.23. The van der Waals surface area contributed by atoms with E-state index in [0.717, 1.165) is 0 Å². The number of nitrogens with zero attached hydrogens (tertiary/aromatic N) is 1. The highest BCUT2D eigenvalue weighted by molar-refractivity contribution is 5.94. The van der Waals surface area contributed by atoms with Gasteiger partial charge in [-0.3, -0.25) is 4.79 Å². The zero-order valence-corrected chi connectivity index (χ0v) is 12.2. The third kappa shape index (κ3) is 4.06. The molecule has 1 atom stereocenters. The normalized spacial score (nSPS) is 12.1.